The normalized spacial score (nSPS) is 19.0. The van der Waals surface area contributed by atoms with E-state index >= 15 is 0 Å². The average Bonchev–Trinajstić information content (AvgIpc) is 2.49. The molecule has 0 aromatic heterocycles. The van der Waals surface area contributed by atoms with Gasteiger partial charge >= 0.3 is 0 Å². The number of hydrogen-bond donors (Lipinski definition) is 2. The smallest absolute Gasteiger partial charge is 0.144 e. The SMILES string of the molecule is CCCOc1cccc2c1NCC(C)CN2. The molecule has 1 atom stereocenters. The number of ether oxygens (including phenoxy) is 1. The number of rotatable bonds is 3. The molecule has 0 amide bonds. The van der Waals surface area contributed by atoms with Gasteiger partial charge in [-0.3, -0.25) is 0 Å². The van der Waals surface area contributed by atoms with E-state index in [2.05, 4.69) is 30.5 Å². The van der Waals surface area contributed by atoms with Crippen molar-refractivity contribution in [2.24, 2.45) is 5.92 Å². The highest BCUT2D eigenvalue weighted by Crippen LogP contribution is 2.34. The van der Waals surface area contributed by atoms with Crippen molar-refractivity contribution in [1.29, 1.82) is 0 Å². The minimum Gasteiger partial charge on any atom is -0.491 e. The summed E-state index contributed by atoms with van der Waals surface area (Å²) >= 11 is 0. The van der Waals surface area contributed by atoms with Gasteiger partial charge in [0.25, 0.3) is 0 Å². The Hall–Kier alpha value is -1.38. The molecule has 1 aromatic rings. The quantitative estimate of drug-likeness (QED) is 0.821. The van der Waals surface area contributed by atoms with Gasteiger partial charge in [0.1, 0.15) is 11.4 Å². The van der Waals surface area contributed by atoms with Crippen molar-refractivity contribution in [3.8, 4) is 5.75 Å². The molecule has 0 fully saturated rings. The Morgan fingerprint density at radius 2 is 2.12 bits per heavy atom. The van der Waals surface area contributed by atoms with Crippen molar-refractivity contribution in [1.82, 2.24) is 0 Å². The first-order valence-corrected chi connectivity index (χ1v) is 6.04. The minimum absolute atomic E-state index is 0.631. The molecule has 0 aliphatic carbocycles. The largest absolute Gasteiger partial charge is 0.491 e. The lowest BCUT2D eigenvalue weighted by atomic mass is 10.2. The molecule has 1 aliphatic rings. The van der Waals surface area contributed by atoms with E-state index in [1.165, 1.54) is 0 Å². The second kappa shape index (κ2) is 5.10. The summed E-state index contributed by atoms with van der Waals surface area (Å²) in [6.07, 6.45) is 1.04. The van der Waals surface area contributed by atoms with Crippen molar-refractivity contribution < 1.29 is 4.74 Å². The number of nitrogens with one attached hydrogen (secondary N) is 2. The van der Waals surface area contributed by atoms with Crippen LogP contribution in [0.4, 0.5) is 11.4 Å². The van der Waals surface area contributed by atoms with E-state index < -0.39 is 0 Å². The molecular formula is C13H20N2O. The Morgan fingerprint density at radius 1 is 1.31 bits per heavy atom. The van der Waals surface area contributed by atoms with Crippen LogP contribution in [0.25, 0.3) is 0 Å². The van der Waals surface area contributed by atoms with Crippen LogP contribution in [0.5, 0.6) is 5.75 Å². The van der Waals surface area contributed by atoms with Gasteiger partial charge in [-0.2, -0.15) is 0 Å². The summed E-state index contributed by atoms with van der Waals surface area (Å²) in [5.74, 6) is 1.59. The molecule has 0 saturated carbocycles. The van der Waals surface area contributed by atoms with Crippen molar-refractivity contribution in [3.63, 3.8) is 0 Å². The van der Waals surface area contributed by atoms with Crippen LogP contribution in [-0.4, -0.2) is 19.7 Å². The van der Waals surface area contributed by atoms with Crippen LogP contribution in [0.1, 0.15) is 20.3 Å². The van der Waals surface area contributed by atoms with E-state index in [1.807, 2.05) is 12.1 Å². The van der Waals surface area contributed by atoms with E-state index in [4.69, 9.17) is 4.74 Å². The highest BCUT2D eigenvalue weighted by Gasteiger charge is 2.14. The standard InChI is InChI=1S/C13H20N2O/c1-3-7-16-12-6-4-5-11-13(12)15-9-10(2)8-14-11/h4-6,10,14-15H,3,7-9H2,1-2H3. The molecule has 3 nitrogen and oxygen atoms in total. The molecule has 1 aliphatic heterocycles. The number of fused-ring (bicyclic) bond motifs is 1. The Kier molecular flexibility index (Phi) is 3.54. The van der Waals surface area contributed by atoms with E-state index in [1.54, 1.807) is 0 Å². The maximum atomic E-state index is 5.74. The summed E-state index contributed by atoms with van der Waals surface area (Å²) in [7, 11) is 0. The van der Waals surface area contributed by atoms with Crippen molar-refractivity contribution in [2.75, 3.05) is 30.3 Å². The van der Waals surface area contributed by atoms with Crippen LogP contribution in [0.15, 0.2) is 18.2 Å². The van der Waals surface area contributed by atoms with Gasteiger partial charge in [0, 0.05) is 13.1 Å². The predicted octanol–water partition coefficient (Wildman–Crippen LogP) is 2.95. The zero-order chi connectivity index (χ0) is 11.4. The van der Waals surface area contributed by atoms with Crippen molar-refractivity contribution >= 4 is 11.4 Å². The number of benzene rings is 1. The van der Waals surface area contributed by atoms with Gasteiger partial charge in [-0.05, 0) is 24.5 Å². The van der Waals surface area contributed by atoms with Crippen LogP contribution in [0.2, 0.25) is 0 Å². The number of anilines is 2. The van der Waals surface area contributed by atoms with E-state index in [-0.39, 0.29) is 0 Å². The summed E-state index contributed by atoms with van der Waals surface area (Å²) in [6, 6.07) is 6.16. The Bertz CT molecular complexity index is 352. The third-order valence-corrected chi connectivity index (χ3v) is 2.76. The monoisotopic (exact) mass is 220 g/mol. The van der Waals surface area contributed by atoms with Gasteiger partial charge in [0.2, 0.25) is 0 Å². The van der Waals surface area contributed by atoms with Crippen LogP contribution in [0, 0.1) is 5.92 Å². The van der Waals surface area contributed by atoms with Crippen LogP contribution in [-0.2, 0) is 0 Å². The highest BCUT2D eigenvalue weighted by molar-refractivity contribution is 5.76. The van der Waals surface area contributed by atoms with Crippen molar-refractivity contribution in [2.45, 2.75) is 20.3 Å². The molecule has 2 rings (SSSR count). The predicted molar refractivity (Wildman–Crippen MR) is 68.4 cm³/mol. The van der Waals surface area contributed by atoms with Crippen LogP contribution >= 0.6 is 0 Å². The minimum atomic E-state index is 0.631. The fraction of sp³-hybridized carbons (Fsp3) is 0.538. The molecular weight excluding hydrogens is 200 g/mol. The number of para-hydroxylation sites is 1. The third-order valence-electron chi connectivity index (χ3n) is 2.76. The first-order chi connectivity index (χ1) is 7.81. The zero-order valence-electron chi connectivity index (χ0n) is 10.0. The molecule has 2 N–H and O–H groups in total. The zero-order valence-corrected chi connectivity index (χ0v) is 10.0. The van der Waals surface area contributed by atoms with E-state index in [0.717, 1.165) is 43.2 Å². The summed E-state index contributed by atoms with van der Waals surface area (Å²) < 4.78 is 5.74. The maximum Gasteiger partial charge on any atom is 0.144 e. The van der Waals surface area contributed by atoms with Gasteiger partial charge in [0.15, 0.2) is 0 Å². The lowest BCUT2D eigenvalue weighted by molar-refractivity contribution is 0.319. The van der Waals surface area contributed by atoms with Gasteiger partial charge in [-0.15, -0.1) is 0 Å². The van der Waals surface area contributed by atoms with E-state index in [0.29, 0.717) is 5.92 Å². The molecule has 0 radical (unpaired) electrons. The second-order valence-electron chi connectivity index (χ2n) is 4.39. The first kappa shape index (κ1) is 11.1. The lowest BCUT2D eigenvalue weighted by Crippen LogP contribution is -2.14. The summed E-state index contributed by atoms with van der Waals surface area (Å²) in [4.78, 5) is 0. The molecule has 3 heteroatoms. The third kappa shape index (κ3) is 2.40. The van der Waals surface area contributed by atoms with Gasteiger partial charge in [-0.1, -0.05) is 19.9 Å². The summed E-state index contributed by atoms with van der Waals surface area (Å²) in [6.45, 7) is 7.13. The Balaban J connectivity index is 2.21. The fourth-order valence-corrected chi connectivity index (χ4v) is 1.83. The van der Waals surface area contributed by atoms with Crippen molar-refractivity contribution in [3.05, 3.63) is 18.2 Å². The maximum absolute atomic E-state index is 5.74. The topological polar surface area (TPSA) is 33.3 Å². The molecule has 1 heterocycles. The van der Waals surface area contributed by atoms with Gasteiger partial charge in [-0.25, -0.2) is 0 Å². The molecule has 0 spiro atoms. The number of hydrogen-bond acceptors (Lipinski definition) is 3. The van der Waals surface area contributed by atoms with Crippen LogP contribution < -0.4 is 15.4 Å². The Labute approximate surface area is 97.2 Å². The summed E-state index contributed by atoms with van der Waals surface area (Å²) in [5, 5.41) is 6.91. The molecule has 16 heavy (non-hydrogen) atoms. The fourth-order valence-electron chi connectivity index (χ4n) is 1.83. The molecule has 1 unspecified atom stereocenters. The van der Waals surface area contributed by atoms with Crippen LogP contribution in [0.3, 0.4) is 0 Å². The summed E-state index contributed by atoms with van der Waals surface area (Å²) in [5.41, 5.74) is 2.26. The van der Waals surface area contributed by atoms with Gasteiger partial charge in [0.05, 0.1) is 12.3 Å². The second-order valence-corrected chi connectivity index (χ2v) is 4.39. The first-order valence-electron chi connectivity index (χ1n) is 6.04. The van der Waals surface area contributed by atoms with E-state index in [9.17, 15) is 0 Å². The van der Waals surface area contributed by atoms with Gasteiger partial charge < -0.3 is 15.4 Å². The Morgan fingerprint density at radius 3 is 2.94 bits per heavy atom. The molecule has 88 valence electrons. The lowest BCUT2D eigenvalue weighted by Gasteiger charge is -2.14. The molecule has 0 bridgehead atoms. The average molecular weight is 220 g/mol. The highest BCUT2D eigenvalue weighted by atomic mass is 16.5. The molecule has 0 saturated heterocycles. The molecule has 1 aromatic carbocycles.